The minimum absolute atomic E-state index is 0.0957. The predicted octanol–water partition coefficient (Wildman–Crippen LogP) is 2.05. The van der Waals surface area contributed by atoms with Gasteiger partial charge in [0, 0.05) is 12.3 Å². The molecule has 0 aliphatic carbocycles. The molecule has 0 unspecified atom stereocenters. The van der Waals surface area contributed by atoms with Crippen LogP contribution in [0.4, 0.5) is 0 Å². The molecule has 0 aliphatic heterocycles. The van der Waals surface area contributed by atoms with E-state index >= 15 is 0 Å². The van der Waals surface area contributed by atoms with Gasteiger partial charge in [0.2, 0.25) is 5.56 Å². The second-order valence-corrected chi connectivity index (χ2v) is 3.17. The van der Waals surface area contributed by atoms with E-state index in [1.807, 2.05) is 24.3 Å². The maximum absolute atomic E-state index is 10.9. The summed E-state index contributed by atoms with van der Waals surface area (Å²) in [6.45, 7) is 0. The van der Waals surface area contributed by atoms with Crippen molar-refractivity contribution in [2.45, 2.75) is 0 Å². The van der Waals surface area contributed by atoms with E-state index in [0.717, 1.165) is 16.9 Å². The Kier molecular flexibility index (Phi) is 2.54. The van der Waals surface area contributed by atoms with Crippen molar-refractivity contribution in [1.82, 2.24) is 4.98 Å². The van der Waals surface area contributed by atoms with E-state index in [1.54, 1.807) is 19.4 Å². The van der Waals surface area contributed by atoms with Crippen LogP contribution in [-0.4, -0.2) is 12.1 Å². The number of hydrogen-bond acceptors (Lipinski definition) is 2. The third-order valence-corrected chi connectivity index (χ3v) is 2.19. The van der Waals surface area contributed by atoms with Crippen LogP contribution in [0.25, 0.3) is 11.1 Å². The van der Waals surface area contributed by atoms with Crippen LogP contribution in [0, 0.1) is 0 Å². The highest BCUT2D eigenvalue weighted by Crippen LogP contribution is 2.21. The van der Waals surface area contributed by atoms with E-state index in [0.29, 0.717) is 0 Å². The maximum Gasteiger partial charge on any atom is 0.247 e. The topological polar surface area (TPSA) is 42.1 Å². The molecule has 0 saturated carbocycles. The number of rotatable bonds is 2. The van der Waals surface area contributed by atoms with Gasteiger partial charge in [0.25, 0.3) is 0 Å². The summed E-state index contributed by atoms with van der Waals surface area (Å²) in [5.41, 5.74) is 1.89. The van der Waals surface area contributed by atoms with Gasteiger partial charge in [0.05, 0.1) is 7.11 Å². The molecule has 2 rings (SSSR count). The van der Waals surface area contributed by atoms with Gasteiger partial charge in [0.15, 0.2) is 0 Å². The van der Waals surface area contributed by atoms with Crippen molar-refractivity contribution >= 4 is 0 Å². The molecule has 15 heavy (non-hydrogen) atoms. The lowest BCUT2D eigenvalue weighted by Crippen LogP contribution is -2.01. The minimum Gasteiger partial charge on any atom is -0.497 e. The minimum atomic E-state index is -0.0957. The first-order valence-electron chi connectivity index (χ1n) is 4.63. The zero-order valence-electron chi connectivity index (χ0n) is 8.36. The first kappa shape index (κ1) is 9.52. The average Bonchev–Trinajstić information content (AvgIpc) is 2.30. The van der Waals surface area contributed by atoms with E-state index in [2.05, 4.69) is 4.98 Å². The second kappa shape index (κ2) is 4.00. The van der Waals surface area contributed by atoms with Crippen molar-refractivity contribution in [2.24, 2.45) is 0 Å². The molecule has 1 aromatic heterocycles. The van der Waals surface area contributed by atoms with E-state index < -0.39 is 0 Å². The monoisotopic (exact) mass is 201 g/mol. The number of H-pyrrole nitrogens is 1. The summed E-state index contributed by atoms with van der Waals surface area (Å²) in [5.74, 6) is 0.804. The van der Waals surface area contributed by atoms with Crippen LogP contribution in [0.5, 0.6) is 5.75 Å². The van der Waals surface area contributed by atoms with Crippen molar-refractivity contribution in [1.29, 1.82) is 0 Å². The summed E-state index contributed by atoms with van der Waals surface area (Å²) in [7, 11) is 1.63. The van der Waals surface area contributed by atoms with Gasteiger partial charge in [-0.25, -0.2) is 0 Å². The van der Waals surface area contributed by atoms with Crippen LogP contribution in [0.1, 0.15) is 0 Å². The maximum atomic E-state index is 10.9. The van der Waals surface area contributed by atoms with Crippen molar-refractivity contribution in [3.63, 3.8) is 0 Å². The smallest absolute Gasteiger partial charge is 0.247 e. The van der Waals surface area contributed by atoms with E-state index in [4.69, 9.17) is 4.74 Å². The molecule has 0 aliphatic rings. The molecule has 3 nitrogen and oxygen atoms in total. The molecule has 2 aromatic rings. The standard InChI is InChI=1S/C12H11NO2/c1-15-11-4-2-3-9(7-11)10-5-6-12(14)13-8-10/h2-8H,1H3,(H,13,14). The molecule has 3 heteroatoms. The van der Waals surface area contributed by atoms with Gasteiger partial charge in [-0.2, -0.15) is 0 Å². The highest BCUT2D eigenvalue weighted by atomic mass is 16.5. The molecular weight excluding hydrogens is 190 g/mol. The molecule has 0 bridgehead atoms. The fourth-order valence-corrected chi connectivity index (χ4v) is 1.39. The molecule has 0 amide bonds. The lowest BCUT2D eigenvalue weighted by atomic mass is 10.1. The molecule has 0 spiro atoms. The number of nitrogens with one attached hydrogen (secondary N) is 1. The first-order valence-corrected chi connectivity index (χ1v) is 4.63. The Bertz CT molecular complexity index is 497. The highest BCUT2D eigenvalue weighted by molar-refractivity contribution is 5.63. The summed E-state index contributed by atoms with van der Waals surface area (Å²) >= 11 is 0. The highest BCUT2D eigenvalue weighted by Gasteiger charge is 1.98. The van der Waals surface area contributed by atoms with Gasteiger partial charge in [0.1, 0.15) is 5.75 Å². The summed E-state index contributed by atoms with van der Waals surface area (Å²) in [5, 5.41) is 0. The Morgan fingerprint density at radius 3 is 2.67 bits per heavy atom. The summed E-state index contributed by atoms with van der Waals surface area (Å²) < 4.78 is 5.13. The fraction of sp³-hybridized carbons (Fsp3) is 0.0833. The number of aromatic nitrogens is 1. The lowest BCUT2D eigenvalue weighted by Gasteiger charge is -2.03. The largest absolute Gasteiger partial charge is 0.497 e. The number of benzene rings is 1. The molecule has 0 atom stereocenters. The number of hydrogen-bond donors (Lipinski definition) is 1. The van der Waals surface area contributed by atoms with Crippen LogP contribution >= 0.6 is 0 Å². The van der Waals surface area contributed by atoms with Crippen molar-refractivity contribution in [3.8, 4) is 16.9 Å². The molecule has 1 aromatic carbocycles. The number of ether oxygens (including phenoxy) is 1. The fourth-order valence-electron chi connectivity index (χ4n) is 1.39. The van der Waals surface area contributed by atoms with Crippen LogP contribution < -0.4 is 10.3 Å². The third-order valence-electron chi connectivity index (χ3n) is 2.19. The average molecular weight is 201 g/mol. The number of aromatic amines is 1. The normalized spacial score (nSPS) is 9.93. The molecular formula is C12H11NO2. The molecule has 0 radical (unpaired) electrons. The summed E-state index contributed by atoms with van der Waals surface area (Å²) in [6, 6.07) is 11.0. The molecule has 1 N–H and O–H groups in total. The van der Waals surface area contributed by atoms with Gasteiger partial charge in [-0.1, -0.05) is 12.1 Å². The molecule has 76 valence electrons. The Morgan fingerprint density at radius 2 is 2.00 bits per heavy atom. The van der Waals surface area contributed by atoms with E-state index in [9.17, 15) is 4.79 Å². The molecule has 1 heterocycles. The van der Waals surface area contributed by atoms with Crippen LogP contribution in [0.15, 0.2) is 47.4 Å². The van der Waals surface area contributed by atoms with Crippen molar-refractivity contribution in [2.75, 3.05) is 7.11 Å². The van der Waals surface area contributed by atoms with E-state index in [1.165, 1.54) is 6.07 Å². The van der Waals surface area contributed by atoms with Gasteiger partial charge >= 0.3 is 0 Å². The van der Waals surface area contributed by atoms with Crippen LogP contribution in [0.2, 0.25) is 0 Å². The predicted molar refractivity (Wildman–Crippen MR) is 59.1 cm³/mol. The zero-order chi connectivity index (χ0) is 10.7. The third kappa shape index (κ3) is 2.07. The first-order chi connectivity index (χ1) is 7.29. The van der Waals surface area contributed by atoms with E-state index in [-0.39, 0.29) is 5.56 Å². The zero-order valence-corrected chi connectivity index (χ0v) is 8.36. The van der Waals surface area contributed by atoms with Crippen LogP contribution in [0.3, 0.4) is 0 Å². The SMILES string of the molecule is COc1cccc(-c2ccc(=O)[nH]c2)c1. The molecule has 0 saturated heterocycles. The van der Waals surface area contributed by atoms with Crippen molar-refractivity contribution < 1.29 is 4.74 Å². The van der Waals surface area contributed by atoms with Crippen LogP contribution in [-0.2, 0) is 0 Å². The summed E-state index contributed by atoms with van der Waals surface area (Å²) in [6.07, 6.45) is 1.69. The van der Waals surface area contributed by atoms with Gasteiger partial charge in [-0.15, -0.1) is 0 Å². The van der Waals surface area contributed by atoms with Gasteiger partial charge < -0.3 is 9.72 Å². The Hall–Kier alpha value is -2.03. The Morgan fingerprint density at radius 1 is 1.13 bits per heavy atom. The van der Waals surface area contributed by atoms with Gasteiger partial charge in [-0.3, -0.25) is 4.79 Å². The lowest BCUT2D eigenvalue weighted by molar-refractivity contribution is 0.415. The molecule has 0 fully saturated rings. The Balaban J connectivity index is 2.44. The van der Waals surface area contributed by atoms with Crippen molar-refractivity contribution in [3.05, 3.63) is 52.9 Å². The number of pyridine rings is 1. The summed E-state index contributed by atoms with van der Waals surface area (Å²) in [4.78, 5) is 13.5. The quantitative estimate of drug-likeness (QED) is 0.808. The van der Waals surface area contributed by atoms with Gasteiger partial charge in [-0.05, 0) is 29.3 Å². The number of methoxy groups -OCH3 is 1. The second-order valence-electron chi connectivity index (χ2n) is 3.17. The Labute approximate surface area is 87.3 Å².